The van der Waals surface area contributed by atoms with Crippen molar-refractivity contribution >= 4 is 21.8 Å². The van der Waals surface area contributed by atoms with Crippen LogP contribution in [0, 0.1) is 0 Å². The summed E-state index contributed by atoms with van der Waals surface area (Å²) < 4.78 is 30.2. The van der Waals surface area contributed by atoms with Crippen molar-refractivity contribution in [1.82, 2.24) is 5.32 Å². The van der Waals surface area contributed by atoms with E-state index in [1.165, 1.54) is 17.7 Å². The van der Waals surface area contributed by atoms with Crippen LogP contribution in [0.3, 0.4) is 0 Å². The Morgan fingerprint density at radius 3 is 2.27 bits per heavy atom. The zero-order chi connectivity index (χ0) is 19.5. The summed E-state index contributed by atoms with van der Waals surface area (Å²) in [6.45, 7) is 5.24. The lowest BCUT2D eigenvalue weighted by atomic mass is 9.86. The number of rotatable bonds is 5. The molecule has 0 fully saturated rings. The van der Waals surface area contributed by atoms with Gasteiger partial charge in [0, 0.05) is 4.47 Å². The van der Waals surface area contributed by atoms with Gasteiger partial charge in [-0.2, -0.15) is 8.78 Å². The fourth-order valence-corrected chi connectivity index (χ4v) is 2.87. The first-order chi connectivity index (χ1) is 12.1. The van der Waals surface area contributed by atoms with E-state index in [-0.39, 0.29) is 22.8 Å². The second kappa shape index (κ2) is 8.16. The minimum absolute atomic E-state index is 0.0445. The third-order valence-electron chi connectivity index (χ3n) is 4.03. The highest BCUT2D eigenvalue weighted by molar-refractivity contribution is 9.10. The van der Waals surface area contributed by atoms with Crippen LogP contribution in [0.1, 0.15) is 55.2 Å². The van der Waals surface area contributed by atoms with Gasteiger partial charge in [0.2, 0.25) is 0 Å². The molecule has 0 unspecified atom stereocenters. The summed E-state index contributed by atoms with van der Waals surface area (Å²) in [4.78, 5) is 12.6. The lowest BCUT2D eigenvalue weighted by molar-refractivity contribution is -0.0501. The molecule has 26 heavy (non-hydrogen) atoms. The maximum atomic E-state index is 12.6. The molecule has 1 atom stereocenters. The van der Waals surface area contributed by atoms with Gasteiger partial charge in [-0.1, -0.05) is 61.0 Å². The van der Waals surface area contributed by atoms with Crippen molar-refractivity contribution < 1.29 is 18.3 Å². The standard InChI is InChI=1S/C20H22BrF2NO2/c1-12(13-5-7-14(8-6-13)20(2,3)4)24-18(25)16-11-15(21)9-10-17(16)26-19(22)23/h5-12,19H,1-4H3,(H,24,25)/t12-/m1/s1. The smallest absolute Gasteiger partial charge is 0.387 e. The fourth-order valence-electron chi connectivity index (χ4n) is 2.51. The second-order valence-corrected chi connectivity index (χ2v) is 8.00. The summed E-state index contributed by atoms with van der Waals surface area (Å²) in [5.41, 5.74) is 2.22. The normalized spacial score (nSPS) is 12.8. The Morgan fingerprint density at radius 2 is 1.73 bits per heavy atom. The lowest BCUT2D eigenvalue weighted by Crippen LogP contribution is -2.27. The predicted octanol–water partition coefficient (Wildman–Crippen LogP) is 5.84. The molecule has 0 aromatic heterocycles. The monoisotopic (exact) mass is 425 g/mol. The van der Waals surface area contributed by atoms with E-state index in [1.54, 1.807) is 6.07 Å². The summed E-state index contributed by atoms with van der Waals surface area (Å²) in [5.74, 6) is -0.634. The molecule has 3 nitrogen and oxygen atoms in total. The van der Waals surface area contributed by atoms with Gasteiger partial charge in [-0.05, 0) is 41.7 Å². The number of carbonyl (C=O) groups is 1. The van der Waals surface area contributed by atoms with E-state index in [4.69, 9.17) is 0 Å². The highest BCUT2D eigenvalue weighted by Gasteiger charge is 2.19. The third-order valence-corrected chi connectivity index (χ3v) is 4.52. The second-order valence-electron chi connectivity index (χ2n) is 7.09. The largest absolute Gasteiger partial charge is 0.434 e. The molecule has 0 aliphatic heterocycles. The summed E-state index contributed by atoms with van der Waals surface area (Å²) in [6, 6.07) is 12.0. The van der Waals surface area contributed by atoms with Crippen LogP contribution in [0.4, 0.5) is 8.78 Å². The quantitative estimate of drug-likeness (QED) is 0.653. The molecule has 1 N–H and O–H groups in total. The van der Waals surface area contributed by atoms with Gasteiger partial charge in [0.1, 0.15) is 5.75 Å². The number of alkyl halides is 2. The van der Waals surface area contributed by atoms with Crippen LogP contribution < -0.4 is 10.1 Å². The number of hydrogen-bond acceptors (Lipinski definition) is 2. The van der Waals surface area contributed by atoms with Crippen molar-refractivity contribution in [2.75, 3.05) is 0 Å². The van der Waals surface area contributed by atoms with Crippen LogP contribution in [-0.2, 0) is 5.41 Å². The number of benzene rings is 2. The minimum Gasteiger partial charge on any atom is -0.434 e. The fraction of sp³-hybridized carbons (Fsp3) is 0.350. The number of hydrogen-bond donors (Lipinski definition) is 1. The number of amides is 1. The maximum absolute atomic E-state index is 12.6. The van der Waals surface area contributed by atoms with Crippen LogP contribution in [0.15, 0.2) is 46.9 Å². The zero-order valence-corrected chi connectivity index (χ0v) is 16.7. The Labute approximate surface area is 160 Å². The Balaban J connectivity index is 2.18. The van der Waals surface area contributed by atoms with Gasteiger partial charge >= 0.3 is 6.61 Å². The van der Waals surface area contributed by atoms with Crippen molar-refractivity contribution in [3.63, 3.8) is 0 Å². The van der Waals surface area contributed by atoms with Crippen molar-refractivity contribution in [2.24, 2.45) is 0 Å². The summed E-state index contributed by atoms with van der Waals surface area (Å²) in [5, 5.41) is 2.83. The van der Waals surface area contributed by atoms with E-state index in [2.05, 4.69) is 46.8 Å². The molecule has 0 spiro atoms. The van der Waals surface area contributed by atoms with Gasteiger partial charge in [0.05, 0.1) is 11.6 Å². The van der Waals surface area contributed by atoms with Crippen LogP contribution in [-0.4, -0.2) is 12.5 Å². The van der Waals surface area contributed by atoms with E-state index < -0.39 is 12.5 Å². The Kier molecular flexibility index (Phi) is 6.39. The lowest BCUT2D eigenvalue weighted by Gasteiger charge is -2.21. The molecule has 0 bridgehead atoms. The van der Waals surface area contributed by atoms with Crippen molar-refractivity contribution in [3.8, 4) is 5.75 Å². The number of carbonyl (C=O) groups excluding carboxylic acids is 1. The molecular weight excluding hydrogens is 404 g/mol. The van der Waals surface area contributed by atoms with E-state index >= 15 is 0 Å². The van der Waals surface area contributed by atoms with Crippen LogP contribution in [0.2, 0.25) is 0 Å². The third kappa shape index (κ3) is 5.27. The molecule has 0 aliphatic rings. The number of nitrogens with one attached hydrogen (secondary N) is 1. The van der Waals surface area contributed by atoms with Crippen LogP contribution in [0.25, 0.3) is 0 Å². The first-order valence-corrected chi connectivity index (χ1v) is 9.03. The number of halogens is 3. The molecule has 0 saturated carbocycles. The van der Waals surface area contributed by atoms with E-state index in [0.29, 0.717) is 4.47 Å². The SMILES string of the molecule is C[C@@H](NC(=O)c1cc(Br)ccc1OC(F)F)c1ccc(C(C)(C)C)cc1. The average Bonchev–Trinajstić information content (AvgIpc) is 2.55. The first kappa shape index (κ1) is 20.4. The molecule has 2 rings (SSSR count). The highest BCUT2D eigenvalue weighted by Crippen LogP contribution is 2.27. The van der Waals surface area contributed by atoms with Crippen LogP contribution in [0.5, 0.6) is 5.75 Å². The van der Waals surface area contributed by atoms with Gasteiger partial charge in [0.25, 0.3) is 5.91 Å². The minimum atomic E-state index is -3.00. The van der Waals surface area contributed by atoms with Gasteiger partial charge < -0.3 is 10.1 Å². The topological polar surface area (TPSA) is 38.3 Å². The highest BCUT2D eigenvalue weighted by atomic mass is 79.9. The molecule has 0 aliphatic carbocycles. The molecule has 0 saturated heterocycles. The van der Waals surface area contributed by atoms with Crippen LogP contribution >= 0.6 is 15.9 Å². The average molecular weight is 426 g/mol. The van der Waals surface area contributed by atoms with E-state index in [9.17, 15) is 13.6 Å². The first-order valence-electron chi connectivity index (χ1n) is 8.23. The zero-order valence-electron chi connectivity index (χ0n) is 15.1. The molecule has 2 aromatic carbocycles. The molecule has 6 heteroatoms. The Bertz CT molecular complexity index is 770. The van der Waals surface area contributed by atoms with Crippen molar-refractivity contribution in [1.29, 1.82) is 0 Å². The predicted molar refractivity (Wildman–Crippen MR) is 102 cm³/mol. The summed E-state index contributed by atoms with van der Waals surface area (Å²) in [7, 11) is 0. The molecule has 0 radical (unpaired) electrons. The molecule has 0 heterocycles. The molecule has 140 valence electrons. The molecule has 2 aromatic rings. The maximum Gasteiger partial charge on any atom is 0.387 e. The van der Waals surface area contributed by atoms with Gasteiger partial charge in [0.15, 0.2) is 0 Å². The molecular formula is C20H22BrF2NO2. The van der Waals surface area contributed by atoms with E-state index in [1.807, 2.05) is 31.2 Å². The van der Waals surface area contributed by atoms with Crippen molar-refractivity contribution in [3.05, 3.63) is 63.6 Å². The van der Waals surface area contributed by atoms with Gasteiger partial charge in [-0.25, -0.2) is 0 Å². The summed E-state index contributed by atoms with van der Waals surface area (Å²) in [6.07, 6.45) is 0. The Morgan fingerprint density at radius 1 is 1.12 bits per heavy atom. The van der Waals surface area contributed by atoms with Gasteiger partial charge in [-0.15, -0.1) is 0 Å². The number of ether oxygens (including phenoxy) is 1. The van der Waals surface area contributed by atoms with Gasteiger partial charge in [-0.3, -0.25) is 4.79 Å². The summed E-state index contributed by atoms with van der Waals surface area (Å²) >= 11 is 3.25. The van der Waals surface area contributed by atoms with E-state index in [0.717, 1.165) is 5.56 Å². The molecule has 1 amide bonds. The Hall–Kier alpha value is -1.95. The van der Waals surface area contributed by atoms with Crippen molar-refractivity contribution in [2.45, 2.75) is 45.8 Å².